The summed E-state index contributed by atoms with van der Waals surface area (Å²) in [7, 11) is 1.58. The number of halogens is 1. The molecule has 152 valence electrons. The van der Waals surface area contributed by atoms with Gasteiger partial charge in [-0.15, -0.1) is 0 Å². The number of hydrogen-bond donors (Lipinski definition) is 4. The van der Waals surface area contributed by atoms with Crippen molar-refractivity contribution in [3.63, 3.8) is 0 Å². The summed E-state index contributed by atoms with van der Waals surface area (Å²) in [6.07, 6.45) is 1.79. The first-order valence-electron chi connectivity index (χ1n) is 9.32. The van der Waals surface area contributed by atoms with Crippen molar-refractivity contribution in [2.45, 2.75) is 26.2 Å². The Balaban J connectivity index is 2.11. The third kappa shape index (κ3) is 4.50. The Morgan fingerprint density at radius 2 is 2.10 bits per heavy atom. The van der Waals surface area contributed by atoms with Gasteiger partial charge in [0.25, 0.3) is 0 Å². The van der Waals surface area contributed by atoms with E-state index in [1.807, 2.05) is 13.0 Å². The number of urea groups is 1. The van der Waals surface area contributed by atoms with Gasteiger partial charge < -0.3 is 15.6 Å². The molecule has 0 saturated heterocycles. The van der Waals surface area contributed by atoms with Gasteiger partial charge in [0, 0.05) is 31.8 Å². The van der Waals surface area contributed by atoms with Crippen molar-refractivity contribution in [1.29, 1.82) is 0 Å². The van der Waals surface area contributed by atoms with Crippen LogP contribution in [0.1, 0.15) is 31.7 Å². The average molecular weight is 398 g/mol. The van der Waals surface area contributed by atoms with E-state index in [4.69, 9.17) is 0 Å². The fourth-order valence-corrected chi connectivity index (χ4v) is 3.06. The molecule has 0 radical (unpaired) electrons. The zero-order chi connectivity index (χ0) is 21.0. The number of benzene rings is 1. The Morgan fingerprint density at radius 3 is 2.79 bits per heavy atom. The number of aromatic nitrogens is 3. The lowest BCUT2D eigenvalue weighted by Crippen LogP contribution is -2.28. The average Bonchev–Trinajstić information content (AvgIpc) is 3.09. The number of pyridine rings is 1. The Bertz CT molecular complexity index is 1050. The Kier molecular flexibility index (Phi) is 6.06. The number of carbonyl (C=O) groups excluding carboxylic acids is 2. The van der Waals surface area contributed by atoms with E-state index in [1.54, 1.807) is 20.0 Å². The number of anilines is 1. The lowest BCUT2D eigenvalue weighted by Gasteiger charge is -2.13. The fraction of sp³-hybridized carbons (Fsp3) is 0.300. The molecule has 1 unspecified atom stereocenters. The largest absolute Gasteiger partial charge is 0.359 e. The first kappa shape index (κ1) is 20.2. The molecule has 3 amide bonds. The van der Waals surface area contributed by atoms with Crippen LogP contribution < -0.4 is 16.0 Å². The molecule has 8 nitrogen and oxygen atoms in total. The molecule has 0 spiro atoms. The molecule has 0 aliphatic rings. The molecule has 0 saturated carbocycles. The van der Waals surface area contributed by atoms with Gasteiger partial charge in [-0.2, -0.15) is 0 Å². The van der Waals surface area contributed by atoms with Crippen LogP contribution in [0.15, 0.2) is 30.5 Å². The molecule has 0 aliphatic carbocycles. The molecule has 2 heterocycles. The maximum absolute atomic E-state index is 14.5. The number of fused-ring (bicyclic) bond motifs is 1. The summed E-state index contributed by atoms with van der Waals surface area (Å²) in [5.74, 6) is -0.454. The molecule has 0 aliphatic heterocycles. The minimum atomic E-state index is -0.480. The lowest BCUT2D eigenvalue weighted by molar-refractivity contribution is -0.120. The second-order valence-corrected chi connectivity index (χ2v) is 6.65. The highest BCUT2D eigenvalue weighted by molar-refractivity contribution is 5.95. The predicted octanol–water partition coefficient (Wildman–Crippen LogP) is 3.15. The van der Waals surface area contributed by atoms with Crippen molar-refractivity contribution in [1.82, 2.24) is 25.6 Å². The summed E-state index contributed by atoms with van der Waals surface area (Å²) in [4.78, 5) is 35.3. The quantitative estimate of drug-likeness (QED) is 0.511. The van der Waals surface area contributed by atoms with E-state index < -0.39 is 11.8 Å². The number of carbonyl (C=O) groups is 2. The van der Waals surface area contributed by atoms with Gasteiger partial charge in [-0.25, -0.2) is 14.2 Å². The normalized spacial score (nSPS) is 11.9. The van der Waals surface area contributed by atoms with Gasteiger partial charge >= 0.3 is 6.03 Å². The molecule has 1 aromatic carbocycles. The minimum absolute atomic E-state index is 0.0913. The van der Waals surface area contributed by atoms with E-state index in [0.29, 0.717) is 23.1 Å². The van der Waals surface area contributed by atoms with Crippen LogP contribution in [-0.4, -0.2) is 40.5 Å². The summed E-state index contributed by atoms with van der Waals surface area (Å²) >= 11 is 0. The van der Waals surface area contributed by atoms with Crippen molar-refractivity contribution in [2.75, 3.05) is 18.9 Å². The van der Waals surface area contributed by atoms with Crippen LogP contribution in [0.25, 0.3) is 22.3 Å². The highest BCUT2D eigenvalue weighted by Crippen LogP contribution is 2.33. The molecule has 0 fully saturated rings. The van der Waals surface area contributed by atoms with Crippen molar-refractivity contribution in [3.8, 4) is 11.3 Å². The standard InChI is InChI=1S/C20H23FN6O2/c1-4-23-20(29)27-19-25-15-10-12(11(2)8-16(28)22-3)9-13(18(15)26-19)17-14(21)6-5-7-24-17/h5-7,9-11H,4,8H2,1-3H3,(H,22,28)(H3,23,25,26,27,29). The Hall–Kier alpha value is -3.49. The van der Waals surface area contributed by atoms with Crippen LogP contribution >= 0.6 is 0 Å². The highest BCUT2D eigenvalue weighted by Gasteiger charge is 2.19. The molecular formula is C20H23FN6O2. The first-order valence-corrected chi connectivity index (χ1v) is 9.32. The van der Waals surface area contributed by atoms with Gasteiger partial charge in [0.15, 0.2) is 0 Å². The number of hydrogen-bond acceptors (Lipinski definition) is 4. The van der Waals surface area contributed by atoms with Gasteiger partial charge in [0.05, 0.1) is 5.52 Å². The van der Waals surface area contributed by atoms with Crippen molar-refractivity contribution < 1.29 is 14.0 Å². The number of rotatable bonds is 6. The number of imidazole rings is 1. The van der Waals surface area contributed by atoms with E-state index in [2.05, 4.69) is 30.9 Å². The van der Waals surface area contributed by atoms with Crippen LogP contribution in [0, 0.1) is 5.82 Å². The van der Waals surface area contributed by atoms with Gasteiger partial charge in [-0.1, -0.05) is 6.92 Å². The van der Waals surface area contributed by atoms with Crippen LogP contribution in [0.2, 0.25) is 0 Å². The fourth-order valence-electron chi connectivity index (χ4n) is 3.06. The number of amides is 3. The third-order valence-corrected chi connectivity index (χ3v) is 4.53. The summed E-state index contributed by atoms with van der Waals surface area (Å²) < 4.78 is 14.5. The van der Waals surface area contributed by atoms with E-state index >= 15 is 0 Å². The molecule has 1 atom stereocenters. The van der Waals surface area contributed by atoms with Gasteiger partial charge in [-0.3, -0.25) is 15.1 Å². The number of H-pyrrole nitrogens is 1. The first-order chi connectivity index (χ1) is 13.9. The zero-order valence-electron chi connectivity index (χ0n) is 16.5. The van der Waals surface area contributed by atoms with Crippen molar-refractivity contribution >= 4 is 28.9 Å². The van der Waals surface area contributed by atoms with Crippen LogP contribution in [0.5, 0.6) is 0 Å². The molecular weight excluding hydrogens is 375 g/mol. The molecule has 2 aromatic heterocycles. The van der Waals surface area contributed by atoms with Crippen LogP contribution in [-0.2, 0) is 4.79 Å². The summed E-state index contributed by atoms with van der Waals surface area (Å²) in [6.45, 7) is 4.19. The van der Waals surface area contributed by atoms with Gasteiger partial charge in [-0.05, 0) is 42.7 Å². The molecule has 3 rings (SSSR count). The summed E-state index contributed by atoms with van der Waals surface area (Å²) in [6, 6.07) is 6.09. The van der Waals surface area contributed by atoms with Gasteiger partial charge in [0.1, 0.15) is 17.0 Å². The molecule has 29 heavy (non-hydrogen) atoms. The topological polar surface area (TPSA) is 112 Å². The van der Waals surface area contributed by atoms with E-state index in [9.17, 15) is 14.0 Å². The summed E-state index contributed by atoms with van der Waals surface area (Å²) in [5, 5.41) is 7.86. The van der Waals surface area contributed by atoms with E-state index in [1.165, 1.54) is 18.3 Å². The number of nitrogens with zero attached hydrogens (tertiary/aromatic N) is 2. The third-order valence-electron chi connectivity index (χ3n) is 4.53. The Morgan fingerprint density at radius 1 is 1.31 bits per heavy atom. The van der Waals surface area contributed by atoms with Crippen molar-refractivity contribution in [2.24, 2.45) is 0 Å². The molecule has 3 aromatic rings. The lowest BCUT2D eigenvalue weighted by atomic mass is 9.94. The summed E-state index contributed by atoms with van der Waals surface area (Å²) in [5.41, 5.74) is 2.56. The molecule has 0 bridgehead atoms. The SMILES string of the molecule is CCNC(=O)Nc1nc2c(-c3ncccc3F)cc(C(C)CC(=O)NC)cc2[nH]1. The zero-order valence-corrected chi connectivity index (χ0v) is 16.5. The molecule has 4 N–H and O–H groups in total. The van der Waals surface area contributed by atoms with Crippen LogP contribution in [0.3, 0.4) is 0 Å². The highest BCUT2D eigenvalue weighted by atomic mass is 19.1. The minimum Gasteiger partial charge on any atom is -0.359 e. The van der Waals surface area contributed by atoms with Crippen LogP contribution in [0.4, 0.5) is 15.1 Å². The smallest absolute Gasteiger partial charge is 0.321 e. The monoisotopic (exact) mass is 398 g/mol. The second kappa shape index (κ2) is 8.68. The van der Waals surface area contributed by atoms with E-state index in [-0.39, 0.29) is 29.9 Å². The predicted molar refractivity (Wildman–Crippen MR) is 109 cm³/mol. The van der Waals surface area contributed by atoms with Gasteiger partial charge in [0.2, 0.25) is 11.9 Å². The number of nitrogens with one attached hydrogen (secondary N) is 4. The molecule has 9 heteroatoms. The van der Waals surface area contributed by atoms with E-state index in [0.717, 1.165) is 5.56 Å². The van der Waals surface area contributed by atoms with Crippen molar-refractivity contribution in [3.05, 3.63) is 41.8 Å². The second-order valence-electron chi connectivity index (χ2n) is 6.65. The number of aromatic amines is 1. The Labute approximate surface area is 167 Å². The maximum Gasteiger partial charge on any atom is 0.321 e. The maximum atomic E-state index is 14.5.